The minimum Gasteiger partial charge on any atom is -0.490 e. The summed E-state index contributed by atoms with van der Waals surface area (Å²) in [6.45, 7) is 8.16. The Morgan fingerprint density at radius 2 is 1.72 bits per heavy atom. The van der Waals surface area contributed by atoms with Crippen LogP contribution in [0, 0.1) is 0 Å². The van der Waals surface area contributed by atoms with Gasteiger partial charge in [0.2, 0.25) is 0 Å². The first kappa shape index (κ1) is 23.3. The molecule has 158 valence electrons. The number of fused-ring (bicyclic) bond motifs is 1. The van der Waals surface area contributed by atoms with Crippen LogP contribution in [0.4, 0.5) is 5.69 Å². The fraction of sp³-hybridized carbons (Fsp3) is 0.409. The number of aliphatic imine (C=N–C) groups is 1. The molecule has 2 aromatic rings. The summed E-state index contributed by atoms with van der Waals surface area (Å²) in [5, 5.41) is 6.62. The van der Waals surface area contributed by atoms with Crippen molar-refractivity contribution in [2.45, 2.75) is 33.4 Å². The second-order valence-electron chi connectivity index (χ2n) is 6.49. The normalized spacial score (nSPS) is 13.2. The molecule has 7 heteroatoms. The predicted molar refractivity (Wildman–Crippen MR) is 128 cm³/mol. The maximum absolute atomic E-state index is 5.76. The zero-order valence-corrected chi connectivity index (χ0v) is 19.4. The van der Waals surface area contributed by atoms with E-state index in [2.05, 4.69) is 34.9 Å². The van der Waals surface area contributed by atoms with E-state index < -0.39 is 0 Å². The third-order valence-electron chi connectivity index (χ3n) is 4.27. The van der Waals surface area contributed by atoms with Crippen LogP contribution in [0.5, 0.6) is 11.5 Å². The summed E-state index contributed by atoms with van der Waals surface area (Å²) >= 11 is 0. The maximum atomic E-state index is 5.76. The van der Waals surface area contributed by atoms with E-state index in [1.54, 1.807) is 0 Å². The zero-order valence-electron chi connectivity index (χ0n) is 17.1. The van der Waals surface area contributed by atoms with Gasteiger partial charge in [-0.1, -0.05) is 24.3 Å². The van der Waals surface area contributed by atoms with Gasteiger partial charge in [-0.05, 0) is 37.1 Å². The van der Waals surface area contributed by atoms with E-state index in [1.165, 1.54) is 5.56 Å². The minimum absolute atomic E-state index is 0. The van der Waals surface area contributed by atoms with E-state index >= 15 is 0 Å². The van der Waals surface area contributed by atoms with Crippen LogP contribution < -0.4 is 20.1 Å². The smallest absolute Gasteiger partial charge is 0.196 e. The molecule has 2 N–H and O–H groups in total. The van der Waals surface area contributed by atoms with Gasteiger partial charge >= 0.3 is 0 Å². The van der Waals surface area contributed by atoms with Gasteiger partial charge in [-0.2, -0.15) is 0 Å². The Labute approximate surface area is 190 Å². The molecule has 0 saturated carbocycles. The molecule has 0 aliphatic carbocycles. The number of rotatable bonds is 7. The molecule has 1 aliphatic rings. The summed E-state index contributed by atoms with van der Waals surface area (Å²) in [5.41, 5.74) is 3.24. The average Bonchev–Trinajstić information content (AvgIpc) is 2.96. The maximum Gasteiger partial charge on any atom is 0.196 e. The number of halogens is 1. The van der Waals surface area contributed by atoms with Gasteiger partial charge in [0.05, 0.1) is 26.4 Å². The van der Waals surface area contributed by atoms with Gasteiger partial charge in [-0.3, -0.25) is 0 Å². The summed E-state index contributed by atoms with van der Waals surface area (Å²) in [6.07, 6.45) is 0.894. The number of anilines is 1. The van der Waals surface area contributed by atoms with Crippen molar-refractivity contribution in [3.63, 3.8) is 0 Å². The Morgan fingerprint density at radius 3 is 2.45 bits per heavy atom. The number of benzene rings is 2. The zero-order chi connectivity index (χ0) is 19.6. The third-order valence-corrected chi connectivity index (χ3v) is 4.27. The molecule has 1 heterocycles. The molecule has 2 aromatic carbocycles. The van der Waals surface area contributed by atoms with E-state index in [9.17, 15) is 0 Å². The molecule has 0 amide bonds. The second-order valence-corrected chi connectivity index (χ2v) is 6.49. The third kappa shape index (κ3) is 7.40. The lowest BCUT2D eigenvalue weighted by Gasteiger charge is -2.14. The van der Waals surface area contributed by atoms with E-state index in [0.29, 0.717) is 26.4 Å². The first-order valence-corrected chi connectivity index (χ1v) is 9.89. The molecule has 0 aromatic heterocycles. The molecule has 6 nitrogen and oxygen atoms in total. The van der Waals surface area contributed by atoms with Crippen molar-refractivity contribution in [1.82, 2.24) is 5.32 Å². The van der Waals surface area contributed by atoms with Crippen LogP contribution in [-0.4, -0.2) is 32.3 Å². The molecule has 0 spiro atoms. The van der Waals surface area contributed by atoms with Crippen molar-refractivity contribution in [3.8, 4) is 11.5 Å². The van der Waals surface area contributed by atoms with Crippen molar-refractivity contribution >= 4 is 35.6 Å². The fourth-order valence-electron chi connectivity index (χ4n) is 2.82. The molecule has 0 bridgehead atoms. The molecular formula is C22H30IN3O3. The Kier molecular flexibility index (Phi) is 10.1. The molecule has 1 aliphatic heterocycles. The Hall–Kier alpha value is -2.00. The molecular weight excluding hydrogens is 481 g/mol. The van der Waals surface area contributed by atoms with E-state index in [0.717, 1.165) is 48.3 Å². The highest BCUT2D eigenvalue weighted by atomic mass is 127. The van der Waals surface area contributed by atoms with Crippen LogP contribution in [0.1, 0.15) is 31.4 Å². The lowest BCUT2D eigenvalue weighted by Crippen LogP contribution is -2.30. The molecule has 0 saturated heterocycles. The quantitative estimate of drug-likeness (QED) is 0.324. The summed E-state index contributed by atoms with van der Waals surface area (Å²) in [6, 6.07) is 14.2. The SMILES string of the molecule is CCNC(=NCc1ccc(COCC)cc1)Nc1ccc2c(c1)OCCCO2.I. The summed E-state index contributed by atoms with van der Waals surface area (Å²) in [4.78, 5) is 4.69. The highest BCUT2D eigenvalue weighted by Gasteiger charge is 2.11. The number of guanidine groups is 1. The van der Waals surface area contributed by atoms with Gasteiger partial charge in [0.25, 0.3) is 0 Å². The van der Waals surface area contributed by atoms with Crippen molar-refractivity contribution in [2.24, 2.45) is 4.99 Å². The Morgan fingerprint density at radius 1 is 1.00 bits per heavy atom. The van der Waals surface area contributed by atoms with Gasteiger partial charge < -0.3 is 24.8 Å². The lowest BCUT2D eigenvalue weighted by molar-refractivity contribution is 0.134. The highest BCUT2D eigenvalue weighted by molar-refractivity contribution is 14.0. The van der Waals surface area contributed by atoms with Gasteiger partial charge in [-0.15, -0.1) is 24.0 Å². The van der Waals surface area contributed by atoms with Crippen molar-refractivity contribution in [2.75, 3.05) is 31.7 Å². The second kappa shape index (κ2) is 12.5. The van der Waals surface area contributed by atoms with E-state index in [1.807, 2.05) is 32.0 Å². The molecule has 0 unspecified atom stereocenters. The Balaban J connectivity index is 0.00000300. The summed E-state index contributed by atoms with van der Waals surface area (Å²) in [7, 11) is 0. The number of ether oxygens (including phenoxy) is 3. The van der Waals surface area contributed by atoms with E-state index in [4.69, 9.17) is 19.2 Å². The molecule has 0 fully saturated rings. The standard InChI is InChI=1S/C22H29N3O3.HI/c1-3-23-22(24-15-17-6-8-18(9-7-17)16-26-4-2)25-19-10-11-20-21(14-19)28-13-5-12-27-20;/h6-11,14H,3-5,12-13,15-16H2,1-2H3,(H2,23,24,25);1H. The van der Waals surface area contributed by atoms with Crippen LogP contribution in [0.25, 0.3) is 0 Å². The van der Waals surface area contributed by atoms with Crippen molar-refractivity contribution in [3.05, 3.63) is 53.6 Å². The number of hydrogen-bond acceptors (Lipinski definition) is 4. The number of hydrogen-bond donors (Lipinski definition) is 2. The van der Waals surface area contributed by atoms with Gasteiger partial charge in [0.1, 0.15) is 0 Å². The Bertz CT molecular complexity index is 781. The van der Waals surface area contributed by atoms with Gasteiger partial charge in [0.15, 0.2) is 17.5 Å². The highest BCUT2D eigenvalue weighted by Crippen LogP contribution is 2.32. The summed E-state index contributed by atoms with van der Waals surface area (Å²) < 4.78 is 16.9. The first-order valence-electron chi connectivity index (χ1n) is 9.89. The average molecular weight is 511 g/mol. The van der Waals surface area contributed by atoms with Crippen LogP contribution in [0.2, 0.25) is 0 Å². The molecule has 29 heavy (non-hydrogen) atoms. The van der Waals surface area contributed by atoms with Crippen molar-refractivity contribution < 1.29 is 14.2 Å². The van der Waals surface area contributed by atoms with Crippen molar-refractivity contribution in [1.29, 1.82) is 0 Å². The number of nitrogens with zero attached hydrogens (tertiary/aromatic N) is 1. The predicted octanol–water partition coefficient (Wildman–Crippen LogP) is 4.58. The number of nitrogens with one attached hydrogen (secondary N) is 2. The monoisotopic (exact) mass is 511 g/mol. The molecule has 0 atom stereocenters. The van der Waals surface area contributed by atoms with E-state index in [-0.39, 0.29) is 24.0 Å². The molecule has 0 radical (unpaired) electrons. The largest absolute Gasteiger partial charge is 0.490 e. The fourth-order valence-corrected chi connectivity index (χ4v) is 2.82. The first-order chi connectivity index (χ1) is 13.8. The van der Waals surface area contributed by atoms with Gasteiger partial charge in [0, 0.05) is 31.3 Å². The summed E-state index contributed by atoms with van der Waals surface area (Å²) in [5.74, 6) is 2.29. The van der Waals surface area contributed by atoms with Crippen LogP contribution >= 0.6 is 24.0 Å². The minimum atomic E-state index is 0. The van der Waals surface area contributed by atoms with Crippen LogP contribution in [0.15, 0.2) is 47.5 Å². The lowest BCUT2D eigenvalue weighted by atomic mass is 10.1. The van der Waals surface area contributed by atoms with Crippen LogP contribution in [0.3, 0.4) is 0 Å². The van der Waals surface area contributed by atoms with Crippen LogP contribution in [-0.2, 0) is 17.9 Å². The topological polar surface area (TPSA) is 64.1 Å². The van der Waals surface area contributed by atoms with Gasteiger partial charge in [-0.25, -0.2) is 4.99 Å². The molecule has 3 rings (SSSR count).